The van der Waals surface area contributed by atoms with Gasteiger partial charge >= 0.3 is 12.3 Å². The van der Waals surface area contributed by atoms with Crippen molar-refractivity contribution in [3.63, 3.8) is 0 Å². The third-order valence-corrected chi connectivity index (χ3v) is 2.41. The van der Waals surface area contributed by atoms with Crippen LogP contribution in [0.1, 0.15) is 18.2 Å². The SMILES string of the molecule is CCOC(=O)Cc1ncc(F)c(OC(F)(F)F)c1CCl. The van der Waals surface area contributed by atoms with Crippen molar-refractivity contribution in [3.05, 3.63) is 23.3 Å². The van der Waals surface area contributed by atoms with Crippen LogP contribution in [0, 0.1) is 5.82 Å². The number of rotatable bonds is 5. The molecule has 0 saturated carbocycles. The van der Waals surface area contributed by atoms with E-state index < -0.39 is 36.2 Å². The van der Waals surface area contributed by atoms with E-state index in [2.05, 4.69) is 14.5 Å². The number of aromatic nitrogens is 1. The molecule has 0 unspecified atom stereocenters. The summed E-state index contributed by atoms with van der Waals surface area (Å²) in [5.74, 6) is -3.60. The molecule has 0 aliphatic rings. The molecule has 0 amide bonds. The number of pyridine rings is 1. The van der Waals surface area contributed by atoms with E-state index in [1.165, 1.54) is 0 Å². The molecule has 112 valence electrons. The van der Waals surface area contributed by atoms with Gasteiger partial charge in [-0.2, -0.15) is 0 Å². The first-order valence-corrected chi connectivity index (χ1v) is 5.95. The molecule has 20 heavy (non-hydrogen) atoms. The van der Waals surface area contributed by atoms with E-state index in [1.807, 2.05) is 0 Å². The number of hydrogen-bond donors (Lipinski definition) is 0. The van der Waals surface area contributed by atoms with Crippen molar-refractivity contribution < 1.29 is 31.8 Å². The van der Waals surface area contributed by atoms with E-state index in [9.17, 15) is 22.4 Å². The standard InChI is InChI=1S/C11H10ClF4NO3/c1-2-19-9(18)3-8-6(4-12)10(7(13)5-17-8)20-11(14,15)16/h5H,2-4H2,1H3. The van der Waals surface area contributed by atoms with Crippen LogP contribution in [-0.2, 0) is 21.8 Å². The van der Waals surface area contributed by atoms with Crippen molar-refractivity contribution >= 4 is 17.6 Å². The zero-order valence-electron chi connectivity index (χ0n) is 10.3. The zero-order valence-corrected chi connectivity index (χ0v) is 11.0. The van der Waals surface area contributed by atoms with Crippen molar-refractivity contribution in [2.75, 3.05) is 6.61 Å². The van der Waals surface area contributed by atoms with Crippen LogP contribution in [0.3, 0.4) is 0 Å². The maximum absolute atomic E-state index is 13.4. The van der Waals surface area contributed by atoms with Gasteiger partial charge in [0.15, 0.2) is 11.6 Å². The molecule has 0 atom stereocenters. The highest BCUT2D eigenvalue weighted by Gasteiger charge is 2.34. The van der Waals surface area contributed by atoms with Gasteiger partial charge in [-0.1, -0.05) is 0 Å². The van der Waals surface area contributed by atoms with Gasteiger partial charge in [0.2, 0.25) is 0 Å². The highest BCUT2D eigenvalue weighted by Crippen LogP contribution is 2.31. The fraction of sp³-hybridized carbons (Fsp3) is 0.455. The second-order valence-corrected chi connectivity index (χ2v) is 3.79. The monoisotopic (exact) mass is 315 g/mol. The minimum absolute atomic E-state index is 0.0993. The molecule has 0 spiro atoms. The molecule has 0 aliphatic heterocycles. The van der Waals surface area contributed by atoms with Crippen LogP contribution in [0.5, 0.6) is 5.75 Å². The van der Waals surface area contributed by atoms with E-state index in [-0.39, 0.29) is 17.9 Å². The summed E-state index contributed by atoms with van der Waals surface area (Å²) in [4.78, 5) is 14.9. The van der Waals surface area contributed by atoms with Gasteiger partial charge in [-0.05, 0) is 6.92 Å². The maximum Gasteiger partial charge on any atom is 0.573 e. The summed E-state index contributed by atoms with van der Waals surface area (Å²) in [5, 5.41) is 0. The number of carbonyl (C=O) groups is 1. The lowest BCUT2D eigenvalue weighted by Gasteiger charge is -2.15. The van der Waals surface area contributed by atoms with Gasteiger partial charge in [0, 0.05) is 5.56 Å². The molecule has 9 heteroatoms. The van der Waals surface area contributed by atoms with Crippen LogP contribution in [0.4, 0.5) is 17.6 Å². The van der Waals surface area contributed by atoms with Crippen LogP contribution in [0.15, 0.2) is 6.20 Å². The van der Waals surface area contributed by atoms with Crippen LogP contribution >= 0.6 is 11.6 Å². The van der Waals surface area contributed by atoms with Crippen LogP contribution in [0.2, 0.25) is 0 Å². The lowest BCUT2D eigenvalue weighted by Crippen LogP contribution is -2.20. The number of carbonyl (C=O) groups excluding carboxylic acids is 1. The van der Waals surface area contributed by atoms with E-state index in [0.717, 1.165) is 0 Å². The average molecular weight is 316 g/mol. The Morgan fingerprint density at radius 3 is 2.60 bits per heavy atom. The Labute approximate surface area is 116 Å². The lowest BCUT2D eigenvalue weighted by molar-refractivity contribution is -0.275. The molecule has 1 rings (SSSR count). The zero-order chi connectivity index (χ0) is 15.3. The number of alkyl halides is 4. The van der Waals surface area contributed by atoms with Gasteiger partial charge < -0.3 is 9.47 Å². The minimum Gasteiger partial charge on any atom is -0.466 e. The molecule has 0 aromatic carbocycles. The first-order chi connectivity index (χ1) is 9.28. The molecular formula is C11H10ClF4NO3. The number of hydrogen-bond acceptors (Lipinski definition) is 4. The Hall–Kier alpha value is -1.57. The van der Waals surface area contributed by atoms with E-state index in [4.69, 9.17) is 11.6 Å². The number of esters is 1. The fourth-order valence-corrected chi connectivity index (χ4v) is 1.69. The number of nitrogens with zero attached hydrogens (tertiary/aromatic N) is 1. The van der Waals surface area contributed by atoms with Crippen molar-refractivity contribution in [1.82, 2.24) is 4.98 Å². The average Bonchev–Trinajstić information content (AvgIpc) is 2.32. The third-order valence-electron chi connectivity index (χ3n) is 2.14. The summed E-state index contributed by atoms with van der Waals surface area (Å²) in [5.41, 5.74) is -0.462. The first kappa shape index (κ1) is 16.5. The lowest BCUT2D eigenvalue weighted by atomic mass is 10.1. The summed E-state index contributed by atoms with van der Waals surface area (Å²) < 4.78 is 58.2. The quantitative estimate of drug-likeness (QED) is 0.476. The second-order valence-electron chi connectivity index (χ2n) is 3.52. The van der Waals surface area contributed by atoms with Crippen molar-refractivity contribution in [1.29, 1.82) is 0 Å². The van der Waals surface area contributed by atoms with Crippen molar-refractivity contribution in [3.8, 4) is 5.75 Å². The van der Waals surface area contributed by atoms with Gasteiger partial charge in [0.1, 0.15) is 0 Å². The van der Waals surface area contributed by atoms with E-state index in [0.29, 0.717) is 6.20 Å². The first-order valence-electron chi connectivity index (χ1n) is 5.42. The molecule has 0 saturated heterocycles. The Bertz CT molecular complexity index is 493. The Morgan fingerprint density at radius 2 is 2.10 bits per heavy atom. The molecule has 1 heterocycles. The summed E-state index contributed by atoms with van der Waals surface area (Å²) in [6.45, 7) is 1.67. The number of ether oxygens (including phenoxy) is 2. The molecular weight excluding hydrogens is 306 g/mol. The Kier molecular flexibility index (Phi) is 5.55. The van der Waals surface area contributed by atoms with Gasteiger partial charge in [0.25, 0.3) is 0 Å². The van der Waals surface area contributed by atoms with E-state index in [1.54, 1.807) is 6.92 Å². The molecule has 0 bridgehead atoms. The van der Waals surface area contributed by atoms with Crippen LogP contribution in [-0.4, -0.2) is 23.9 Å². The smallest absolute Gasteiger partial charge is 0.466 e. The normalized spacial score (nSPS) is 11.3. The summed E-state index contributed by atoms with van der Waals surface area (Å²) >= 11 is 5.49. The van der Waals surface area contributed by atoms with Gasteiger partial charge in [-0.3, -0.25) is 9.78 Å². The van der Waals surface area contributed by atoms with Crippen molar-refractivity contribution in [2.45, 2.75) is 25.6 Å². The van der Waals surface area contributed by atoms with Crippen LogP contribution in [0.25, 0.3) is 0 Å². The van der Waals surface area contributed by atoms with Gasteiger partial charge in [-0.25, -0.2) is 4.39 Å². The highest BCUT2D eigenvalue weighted by atomic mass is 35.5. The molecule has 0 fully saturated rings. The van der Waals surface area contributed by atoms with Gasteiger partial charge in [-0.15, -0.1) is 24.8 Å². The second kappa shape index (κ2) is 6.74. The largest absolute Gasteiger partial charge is 0.573 e. The van der Waals surface area contributed by atoms with E-state index >= 15 is 0 Å². The predicted octanol–water partition coefficient (Wildman–Crippen LogP) is 2.96. The van der Waals surface area contributed by atoms with Crippen molar-refractivity contribution in [2.24, 2.45) is 0 Å². The number of halogens is 5. The highest BCUT2D eigenvalue weighted by molar-refractivity contribution is 6.17. The predicted molar refractivity (Wildman–Crippen MR) is 60.8 cm³/mol. The van der Waals surface area contributed by atoms with Crippen LogP contribution < -0.4 is 4.74 Å². The maximum atomic E-state index is 13.4. The Balaban J connectivity index is 3.14. The third kappa shape index (κ3) is 4.52. The molecule has 4 nitrogen and oxygen atoms in total. The summed E-state index contributed by atoms with van der Waals surface area (Å²) in [6.07, 6.45) is -4.97. The molecule has 0 radical (unpaired) electrons. The summed E-state index contributed by atoms with van der Waals surface area (Å²) in [6, 6.07) is 0. The topological polar surface area (TPSA) is 48.4 Å². The fourth-order valence-electron chi connectivity index (χ4n) is 1.41. The minimum atomic E-state index is -5.08. The van der Waals surface area contributed by atoms with Gasteiger partial charge in [0.05, 0.1) is 30.8 Å². The Morgan fingerprint density at radius 1 is 1.45 bits per heavy atom. The summed E-state index contributed by atoms with van der Waals surface area (Å²) in [7, 11) is 0. The molecule has 1 aromatic heterocycles. The molecule has 1 aromatic rings. The molecule has 0 aliphatic carbocycles. The molecule has 0 N–H and O–H groups in total.